The van der Waals surface area contributed by atoms with Gasteiger partial charge in [0.05, 0.1) is 17.5 Å². The first-order valence-corrected chi connectivity index (χ1v) is 7.04. The fraction of sp³-hybridized carbons (Fsp3) is 0. The summed E-state index contributed by atoms with van der Waals surface area (Å²) in [6.45, 7) is 0. The van der Waals surface area contributed by atoms with Crippen molar-refractivity contribution in [1.82, 2.24) is 20.0 Å². The lowest BCUT2D eigenvalue weighted by molar-refractivity contribution is 0.458. The Bertz CT molecular complexity index is 972. The molecule has 4 rings (SSSR count). The van der Waals surface area contributed by atoms with Gasteiger partial charge in [-0.25, -0.2) is 4.68 Å². The van der Waals surface area contributed by atoms with Crippen LogP contribution in [0.25, 0.3) is 22.5 Å². The third-order valence-corrected chi connectivity index (χ3v) is 3.45. The summed E-state index contributed by atoms with van der Waals surface area (Å²) in [4.78, 5) is 4.32. The number of aromatic nitrogens is 4. The van der Waals surface area contributed by atoms with Gasteiger partial charge in [0.25, 0.3) is 0 Å². The molecule has 3 aromatic heterocycles. The van der Waals surface area contributed by atoms with Crippen molar-refractivity contribution in [2.75, 3.05) is 0 Å². The first kappa shape index (κ1) is 13.3. The van der Waals surface area contributed by atoms with E-state index in [4.69, 9.17) is 4.42 Å². The molecule has 23 heavy (non-hydrogen) atoms. The number of benzene rings is 1. The Morgan fingerprint density at radius 1 is 1.00 bits per heavy atom. The average Bonchev–Trinajstić information content (AvgIpc) is 3.26. The van der Waals surface area contributed by atoms with E-state index in [2.05, 4.69) is 15.3 Å². The molecule has 6 nitrogen and oxygen atoms in total. The highest BCUT2D eigenvalue weighted by Crippen LogP contribution is 2.27. The van der Waals surface area contributed by atoms with Gasteiger partial charge in [-0.2, -0.15) is 0 Å². The minimum atomic E-state index is -0.0515. The molecule has 0 bridgehead atoms. The minimum absolute atomic E-state index is 0.0515. The molecule has 0 aliphatic carbocycles. The van der Waals surface area contributed by atoms with Gasteiger partial charge in [-0.3, -0.25) is 4.98 Å². The van der Waals surface area contributed by atoms with Crippen LogP contribution in [0.5, 0.6) is 0 Å². The van der Waals surface area contributed by atoms with Gasteiger partial charge in [-0.15, -0.1) is 5.10 Å². The van der Waals surface area contributed by atoms with E-state index in [1.807, 2.05) is 36.4 Å². The molecular weight excluding hydrogens is 292 g/mol. The average molecular weight is 304 g/mol. The van der Waals surface area contributed by atoms with Crippen LogP contribution in [-0.4, -0.2) is 25.1 Å². The third-order valence-electron chi connectivity index (χ3n) is 3.45. The quantitative estimate of drug-likeness (QED) is 0.587. The summed E-state index contributed by atoms with van der Waals surface area (Å²) in [6.07, 6.45) is 3.16. The van der Waals surface area contributed by atoms with Gasteiger partial charge in [0.15, 0.2) is 11.5 Å². The Morgan fingerprint density at radius 2 is 1.87 bits per heavy atom. The van der Waals surface area contributed by atoms with E-state index in [1.54, 1.807) is 29.1 Å². The lowest BCUT2D eigenvalue weighted by Gasteiger charge is -2.09. The van der Waals surface area contributed by atoms with Gasteiger partial charge in [0.1, 0.15) is 11.2 Å². The molecular formula is C17H12N4O2. The van der Waals surface area contributed by atoms with E-state index in [0.717, 1.165) is 11.0 Å². The second kappa shape index (κ2) is 5.42. The van der Waals surface area contributed by atoms with Crippen molar-refractivity contribution >= 4 is 22.5 Å². The number of nitrogens with zero attached hydrogens (tertiary/aromatic N) is 4. The molecule has 0 unspecified atom stereocenters. The molecule has 0 saturated heterocycles. The Kier molecular flexibility index (Phi) is 3.12. The van der Waals surface area contributed by atoms with E-state index in [-0.39, 0.29) is 5.76 Å². The van der Waals surface area contributed by atoms with Crippen LogP contribution in [0.2, 0.25) is 0 Å². The second-order valence-electron chi connectivity index (χ2n) is 4.88. The summed E-state index contributed by atoms with van der Waals surface area (Å²) in [5.74, 6) is 0.287. The van der Waals surface area contributed by atoms with Crippen LogP contribution in [0.4, 0.5) is 0 Å². The van der Waals surface area contributed by atoms with Crippen molar-refractivity contribution < 1.29 is 9.52 Å². The van der Waals surface area contributed by atoms with Crippen LogP contribution in [-0.2, 0) is 0 Å². The van der Waals surface area contributed by atoms with E-state index in [9.17, 15) is 5.11 Å². The van der Waals surface area contributed by atoms with Gasteiger partial charge >= 0.3 is 0 Å². The summed E-state index contributed by atoms with van der Waals surface area (Å²) >= 11 is 0. The standard InChI is InChI=1S/C17H12N4O2/c22-17(15-9-5-11-23-15)16(13-7-3-4-10-18-13)21-14-8-2-1-6-12(14)19-20-21/h1-11,22H/b17-16+. The van der Waals surface area contributed by atoms with Crippen LogP contribution >= 0.6 is 0 Å². The molecule has 3 heterocycles. The monoisotopic (exact) mass is 304 g/mol. The number of hydrogen-bond acceptors (Lipinski definition) is 5. The van der Waals surface area contributed by atoms with Crippen molar-refractivity contribution in [3.63, 3.8) is 0 Å². The lowest BCUT2D eigenvalue weighted by Crippen LogP contribution is -2.06. The van der Waals surface area contributed by atoms with Gasteiger partial charge in [0, 0.05) is 6.20 Å². The summed E-state index contributed by atoms with van der Waals surface area (Å²) in [5.41, 5.74) is 2.48. The largest absolute Gasteiger partial charge is 0.503 e. The SMILES string of the molecule is O/C(=C(\c1ccccn1)n1nnc2ccccc21)c1ccco1. The predicted molar refractivity (Wildman–Crippen MR) is 85.3 cm³/mol. The molecule has 0 radical (unpaired) electrons. The van der Waals surface area contributed by atoms with Gasteiger partial charge in [0.2, 0.25) is 0 Å². The van der Waals surface area contributed by atoms with Crippen molar-refractivity contribution in [3.8, 4) is 0 Å². The molecule has 112 valence electrons. The number of furan rings is 1. The zero-order valence-electron chi connectivity index (χ0n) is 12.0. The molecule has 4 aromatic rings. The Labute approximate surface area is 131 Å². The lowest BCUT2D eigenvalue weighted by atomic mass is 10.2. The highest BCUT2D eigenvalue weighted by Gasteiger charge is 2.19. The number of aliphatic hydroxyl groups is 1. The maximum atomic E-state index is 10.7. The maximum Gasteiger partial charge on any atom is 0.187 e. The topological polar surface area (TPSA) is 77.0 Å². The molecule has 0 aliphatic rings. The molecule has 0 aliphatic heterocycles. The van der Waals surface area contributed by atoms with Crippen LogP contribution < -0.4 is 0 Å². The number of fused-ring (bicyclic) bond motifs is 1. The van der Waals surface area contributed by atoms with Crippen molar-refractivity contribution in [2.45, 2.75) is 0 Å². The van der Waals surface area contributed by atoms with Gasteiger partial charge in [-0.05, 0) is 36.4 Å². The van der Waals surface area contributed by atoms with Crippen molar-refractivity contribution in [2.24, 2.45) is 0 Å². The first-order chi connectivity index (χ1) is 11.3. The number of para-hydroxylation sites is 1. The van der Waals surface area contributed by atoms with Crippen molar-refractivity contribution in [1.29, 1.82) is 0 Å². The highest BCUT2D eigenvalue weighted by atomic mass is 16.4. The Balaban J connectivity index is 2.02. The van der Waals surface area contributed by atoms with E-state index in [0.29, 0.717) is 17.2 Å². The number of aliphatic hydroxyl groups excluding tert-OH is 1. The molecule has 0 spiro atoms. The van der Waals surface area contributed by atoms with Crippen LogP contribution in [0.3, 0.4) is 0 Å². The summed E-state index contributed by atoms with van der Waals surface area (Å²) in [7, 11) is 0. The molecule has 0 saturated carbocycles. The smallest absolute Gasteiger partial charge is 0.187 e. The van der Waals surface area contributed by atoms with E-state index < -0.39 is 0 Å². The van der Waals surface area contributed by atoms with Crippen LogP contribution in [0.1, 0.15) is 11.5 Å². The normalized spacial score (nSPS) is 12.3. The molecule has 0 atom stereocenters. The van der Waals surface area contributed by atoms with Crippen molar-refractivity contribution in [3.05, 3.63) is 78.5 Å². The van der Waals surface area contributed by atoms with Crippen LogP contribution in [0, 0.1) is 0 Å². The number of rotatable bonds is 3. The van der Waals surface area contributed by atoms with Gasteiger partial charge in [-0.1, -0.05) is 23.4 Å². The zero-order chi connectivity index (χ0) is 15.6. The number of hydrogen-bond donors (Lipinski definition) is 1. The molecule has 1 aromatic carbocycles. The third kappa shape index (κ3) is 2.26. The van der Waals surface area contributed by atoms with Gasteiger partial charge < -0.3 is 9.52 Å². The Hall–Kier alpha value is -3.41. The summed E-state index contributed by atoms with van der Waals surface area (Å²) in [5, 5.41) is 19.0. The summed E-state index contributed by atoms with van der Waals surface area (Å²) < 4.78 is 6.88. The highest BCUT2D eigenvalue weighted by molar-refractivity contribution is 5.89. The molecule has 1 N–H and O–H groups in total. The molecule has 0 fully saturated rings. The predicted octanol–water partition coefficient (Wildman–Crippen LogP) is 3.35. The van der Waals surface area contributed by atoms with E-state index >= 15 is 0 Å². The minimum Gasteiger partial charge on any atom is -0.503 e. The fourth-order valence-corrected chi connectivity index (χ4v) is 2.40. The first-order valence-electron chi connectivity index (χ1n) is 7.04. The zero-order valence-corrected chi connectivity index (χ0v) is 12.0. The number of pyridine rings is 1. The Morgan fingerprint density at radius 3 is 2.65 bits per heavy atom. The summed E-state index contributed by atoms with van der Waals surface area (Å²) in [6, 6.07) is 16.4. The molecule has 6 heteroatoms. The van der Waals surface area contributed by atoms with Crippen LogP contribution in [0.15, 0.2) is 71.5 Å². The second-order valence-corrected chi connectivity index (χ2v) is 4.88. The fourth-order valence-electron chi connectivity index (χ4n) is 2.40. The van der Waals surface area contributed by atoms with E-state index in [1.165, 1.54) is 6.26 Å². The molecule has 0 amide bonds. The maximum absolute atomic E-state index is 10.7.